The third kappa shape index (κ3) is 4.64. The van der Waals surface area contributed by atoms with Crippen molar-refractivity contribution in [1.29, 1.82) is 5.26 Å². The molecule has 0 saturated heterocycles. The van der Waals surface area contributed by atoms with Crippen molar-refractivity contribution in [2.45, 2.75) is 26.4 Å². The minimum atomic E-state index is -0.507. The molecule has 0 aliphatic rings. The van der Waals surface area contributed by atoms with Gasteiger partial charge in [0.1, 0.15) is 12.1 Å². The number of carbonyl (C=O) groups excluding carboxylic acids is 1. The Bertz CT molecular complexity index is 487. The molecule has 1 aromatic carbocycles. The zero-order valence-corrected chi connectivity index (χ0v) is 11.3. The van der Waals surface area contributed by atoms with Crippen molar-refractivity contribution in [3.8, 4) is 6.07 Å². The number of hydrogen-bond acceptors (Lipinski definition) is 4. The molecule has 96 valence electrons. The maximum Gasteiger partial charge on any atom is 0.325 e. The van der Waals surface area contributed by atoms with Gasteiger partial charge in [-0.15, -0.1) is 0 Å². The predicted octanol–water partition coefficient (Wildman–Crippen LogP) is 2.97. The first-order valence-corrected chi connectivity index (χ1v) is 5.85. The molecule has 0 saturated carbocycles. The van der Waals surface area contributed by atoms with Gasteiger partial charge in [-0.3, -0.25) is 4.79 Å². The highest BCUT2D eigenvalue weighted by molar-refractivity contribution is 6.33. The topological polar surface area (TPSA) is 62.1 Å². The number of anilines is 1. The molecular formula is C13H15ClN2O2. The van der Waals surface area contributed by atoms with Crippen molar-refractivity contribution in [1.82, 2.24) is 0 Å². The van der Waals surface area contributed by atoms with Crippen LogP contribution in [-0.4, -0.2) is 18.1 Å². The molecule has 0 aromatic heterocycles. The van der Waals surface area contributed by atoms with Crippen molar-refractivity contribution < 1.29 is 9.53 Å². The lowest BCUT2D eigenvalue weighted by Gasteiger charge is -2.19. The fourth-order valence-electron chi connectivity index (χ4n) is 1.27. The zero-order chi connectivity index (χ0) is 13.8. The van der Waals surface area contributed by atoms with Crippen LogP contribution in [0.3, 0.4) is 0 Å². The van der Waals surface area contributed by atoms with Crippen molar-refractivity contribution in [2.24, 2.45) is 0 Å². The summed E-state index contributed by atoms with van der Waals surface area (Å²) >= 11 is 5.96. The summed E-state index contributed by atoms with van der Waals surface area (Å²) in [6.07, 6.45) is 0. The van der Waals surface area contributed by atoms with Gasteiger partial charge < -0.3 is 10.1 Å². The highest BCUT2D eigenvalue weighted by Crippen LogP contribution is 2.22. The summed E-state index contributed by atoms with van der Waals surface area (Å²) in [6, 6.07) is 6.81. The highest BCUT2D eigenvalue weighted by atomic mass is 35.5. The van der Waals surface area contributed by atoms with Crippen LogP contribution in [0.15, 0.2) is 18.2 Å². The van der Waals surface area contributed by atoms with E-state index >= 15 is 0 Å². The number of rotatable bonds is 3. The lowest BCUT2D eigenvalue weighted by atomic mass is 10.2. The summed E-state index contributed by atoms with van der Waals surface area (Å²) in [5.41, 5.74) is 0.567. The van der Waals surface area contributed by atoms with Crippen molar-refractivity contribution >= 4 is 23.3 Å². The Kier molecular flexibility index (Phi) is 4.57. The Labute approximate surface area is 112 Å². The Hall–Kier alpha value is -1.73. The number of esters is 1. The van der Waals surface area contributed by atoms with Crippen LogP contribution in [0, 0.1) is 11.3 Å². The Morgan fingerprint density at radius 2 is 2.17 bits per heavy atom. The largest absolute Gasteiger partial charge is 0.459 e. The Morgan fingerprint density at radius 3 is 2.67 bits per heavy atom. The lowest BCUT2D eigenvalue weighted by molar-refractivity contribution is -0.152. The molecule has 1 aromatic rings. The first-order valence-electron chi connectivity index (χ1n) is 5.47. The van der Waals surface area contributed by atoms with Crippen LogP contribution < -0.4 is 5.32 Å². The van der Waals surface area contributed by atoms with Gasteiger partial charge in [0.2, 0.25) is 0 Å². The molecule has 0 amide bonds. The Balaban J connectivity index is 2.59. The van der Waals surface area contributed by atoms with Crippen LogP contribution in [0.1, 0.15) is 26.3 Å². The normalized spacial score (nSPS) is 10.6. The summed E-state index contributed by atoms with van der Waals surface area (Å²) in [4.78, 5) is 11.5. The van der Waals surface area contributed by atoms with E-state index in [4.69, 9.17) is 21.6 Å². The summed E-state index contributed by atoms with van der Waals surface area (Å²) in [5, 5.41) is 12.0. The van der Waals surface area contributed by atoms with E-state index in [0.717, 1.165) is 0 Å². The molecular weight excluding hydrogens is 252 g/mol. The van der Waals surface area contributed by atoms with Gasteiger partial charge in [-0.2, -0.15) is 5.26 Å². The van der Waals surface area contributed by atoms with E-state index in [0.29, 0.717) is 16.3 Å². The Morgan fingerprint density at radius 1 is 1.50 bits per heavy atom. The fourth-order valence-corrected chi connectivity index (χ4v) is 1.52. The molecule has 18 heavy (non-hydrogen) atoms. The first-order chi connectivity index (χ1) is 8.31. The van der Waals surface area contributed by atoms with Gasteiger partial charge in [0.15, 0.2) is 0 Å². The average molecular weight is 267 g/mol. The molecule has 0 aliphatic heterocycles. The van der Waals surface area contributed by atoms with E-state index in [2.05, 4.69) is 5.32 Å². The highest BCUT2D eigenvalue weighted by Gasteiger charge is 2.16. The fraction of sp³-hybridized carbons (Fsp3) is 0.385. The van der Waals surface area contributed by atoms with Gasteiger partial charge in [-0.25, -0.2) is 0 Å². The van der Waals surface area contributed by atoms with Crippen LogP contribution in [0.2, 0.25) is 5.02 Å². The number of ether oxygens (including phenoxy) is 1. The molecule has 0 spiro atoms. The van der Waals surface area contributed by atoms with E-state index in [9.17, 15) is 4.79 Å². The molecule has 0 aliphatic carbocycles. The molecule has 1 rings (SSSR count). The van der Waals surface area contributed by atoms with Gasteiger partial charge in [0.05, 0.1) is 22.3 Å². The number of nitrogens with zero attached hydrogens (tertiary/aromatic N) is 1. The van der Waals surface area contributed by atoms with Gasteiger partial charge in [-0.05, 0) is 39.0 Å². The quantitative estimate of drug-likeness (QED) is 0.855. The number of carbonyl (C=O) groups is 1. The summed E-state index contributed by atoms with van der Waals surface area (Å²) in [6.45, 7) is 5.45. The molecule has 5 heteroatoms. The van der Waals surface area contributed by atoms with Crippen molar-refractivity contribution in [2.75, 3.05) is 11.9 Å². The third-order valence-electron chi connectivity index (χ3n) is 1.94. The summed E-state index contributed by atoms with van der Waals surface area (Å²) in [5.74, 6) is -0.358. The van der Waals surface area contributed by atoms with Crippen molar-refractivity contribution in [3.63, 3.8) is 0 Å². The van der Waals surface area contributed by atoms with Crippen LogP contribution in [-0.2, 0) is 9.53 Å². The molecule has 1 N–H and O–H groups in total. The number of nitriles is 1. The number of hydrogen-bond donors (Lipinski definition) is 1. The molecule has 4 nitrogen and oxygen atoms in total. The second-order valence-corrected chi connectivity index (χ2v) is 5.15. The van der Waals surface area contributed by atoms with Crippen LogP contribution in [0.5, 0.6) is 0 Å². The average Bonchev–Trinajstić information content (AvgIpc) is 2.25. The van der Waals surface area contributed by atoms with Gasteiger partial charge in [0, 0.05) is 0 Å². The summed E-state index contributed by atoms with van der Waals surface area (Å²) < 4.78 is 5.15. The standard InChI is InChI=1S/C13H15ClN2O2/c1-13(2,3)18-12(17)8-16-11-5-4-9(7-15)6-10(11)14/h4-6,16H,8H2,1-3H3. The van der Waals surface area contributed by atoms with Crippen molar-refractivity contribution in [3.05, 3.63) is 28.8 Å². The molecule has 0 heterocycles. The predicted molar refractivity (Wildman–Crippen MR) is 70.5 cm³/mol. The van der Waals surface area contributed by atoms with E-state index < -0.39 is 5.60 Å². The van der Waals surface area contributed by atoms with Gasteiger partial charge in [-0.1, -0.05) is 11.6 Å². The first kappa shape index (κ1) is 14.3. The second-order valence-electron chi connectivity index (χ2n) is 4.75. The monoisotopic (exact) mass is 266 g/mol. The lowest BCUT2D eigenvalue weighted by Crippen LogP contribution is -2.28. The molecule has 0 radical (unpaired) electrons. The van der Waals surface area contributed by atoms with E-state index in [1.54, 1.807) is 39.0 Å². The van der Waals surface area contributed by atoms with E-state index in [-0.39, 0.29) is 12.5 Å². The van der Waals surface area contributed by atoms with Crippen LogP contribution >= 0.6 is 11.6 Å². The second kappa shape index (κ2) is 5.74. The molecule has 0 atom stereocenters. The number of benzene rings is 1. The van der Waals surface area contributed by atoms with Gasteiger partial charge >= 0.3 is 5.97 Å². The van der Waals surface area contributed by atoms with Crippen LogP contribution in [0.4, 0.5) is 5.69 Å². The number of halogens is 1. The molecule has 0 bridgehead atoms. The third-order valence-corrected chi connectivity index (χ3v) is 2.25. The maximum atomic E-state index is 11.5. The molecule has 0 unspecified atom stereocenters. The summed E-state index contributed by atoms with van der Waals surface area (Å²) in [7, 11) is 0. The van der Waals surface area contributed by atoms with Crippen LogP contribution in [0.25, 0.3) is 0 Å². The van der Waals surface area contributed by atoms with E-state index in [1.807, 2.05) is 6.07 Å². The molecule has 0 fully saturated rings. The smallest absolute Gasteiger partial charge is 0.325 e. The number of nitrogens with one attached hydrogen (secondary N) is 1. The van der Waals surface area contributed by atoms with Gasteiger partial charge in [0.25, 0.3) is 0 Å². The SMILES string of the molecule is CC(C)(C)OC(=O)CNc1ccc(C#N)cc1Cl. The zero-order valence-electron chi connectivity index (χ0n) is 10.6. The maximum absolute atomic E-state index is 11.5. The van der Waals surface area contributed by atoms with E-state index in [1.165, 1.54) is 0 Å². The minimum Gasteiger partial charge on any atom is -0.459 e. The minimum absolute atomic E-state index is 0.0306.